The van der Waals surface area contributed by atoms with Gasteiger partial charge in [-0.1, -0.05) is 5.16 Å². The predicted octanol–water partition coefficient (Wildman–Crippen LogP) is 1.53. The second-order valence-electron chi connectivity index (χ2n) is 5.57. The summed E-state index contributed by atoms with van der Waals surface area (Å²) in [7, 11) is 0. The number of carboxylic acids is 1. The molecular weight excluding hydrogens is 232 g/mol. The minimum absolute atomic E-state index is 0.207. The quantitative estimate of drug-likeness (QED) is 0.877. The van der Waals surface area contributed by atoms with Crippen molar-refractivity contribution in [1.82, 2.24) is 10.1 Å². The van der Waals surface area contributed by atoms with E-state index in [1.54, 1.807) is 0 Å². The number of nitrogens with zero attached hydrogens (tertiary/aromatic N) is 2. The molecular formula is C13H18N2O3. The van der Waals surface area contributed by atoms with Crippen LogP contribution in [0.1, 0.15) is 24.3 Å². The van der Waals surface area contributed by atoms with Crippen molar-refractivity contribution < 1.29 is 14.4 Å². The summed E-state index contributed by atoms with van der Waals surface area (Å²) in [5.74, 6) is 0.928. The van der Waals surface area contributed by atoms with Crippen LogP contribution in [0.15, 0.2) is 10.6 Å². The average Bonchev–Trinajstić information content (AvgIpc) is 2.95. The number of carbonyl (C=O) groups is 1. The number of aryl methyl sites for hydroxylation is 1. The number of hydrogen-bond donors (Lipinski definition) is 1. The lowest BCUT2D eigenvalue weighted by atomic mass is 9.92. The van der Waals surface area contributed by atoms with Crippen LogP contribution in [0.25, 0.3) is 0 Å². The first-order valence-electron chi connectivity index (χ1n) is 6.51. The zero-order valence-electron chi connectivity index (χ0n) is 10.5. The lowest BCUT2D eigenvalue weighted by Gasteiger charge is -2.13. The molecule has 1 aromatic rings. The van der Waals surface area contributed by atoms with E-state index in [2.05, 4.69) is 10.1 Å². The molecule has 5 heteroatoms. The van der Waals surface area contributed by atoms with Crippen LogP contribution in [0.4, 0.5) is 0 Å². The maximum atomic E-state index is 11.3. The van der Waals surface area contributed by atoms with Crippen LogP contribution >= 0.6 is 0 Å². The van der Waals surface area contributed by atoms with Gasteiger partial charge in [0.25, 0.3) is 0 Å². The van der Waals surface area contributed by atoms with Crippen LogP contribution in [0.2, 0.25) is 0 Å². The molecule has 0 radical (unpaired) electrons. The summed E-state index contributed by atoms with van der Waals surface area (Å²) in [6.07, 6.45) is 2.40. The van der Waals surface area contributed by atoms with Gasteiger partial charge in [-0.3, -0.25) is 9.69 Å². The van der Waals surface area contributed by atoms with Gasteiger partial charge in [0.05, 0.1) is 18.2 Å². The first-order chi connectivity index (χ1) is 8.63. The maximum absolute atomic E-state index is 11.3. The fraction of sp³-hybridized carbons (Fsp3) is 0.692. The third kappa shape index (κ3) is 2.27. The highest BCUT2D eigenvalue weighted by Crippen LogP contribution is 2.44. The molecule has 1 N–H and O–H groups in total. The molecule has 5 nitrogen and oxygen atoms in total. The summed E-state index contributed by atoms with van der Waals surface area (Å²) in [5.41, 5.74) is 0.873. The molecule has 0 spiro atoms. The number of aliphatic carboxylic acids is 1. The number of rotatable bonds is 4. The van der Waals surface area contributed by atoms with Gasteiger partial charge in [-0.15, -0.1) is 0 Å². The molecule has 2 atom stereocenters. The van der Waals surface area contributed by atoms with E-state index in [9.17, 15) is 9.90 Å². The van der Waals surface area contributed by atoms with Crippen LogP contribution in [-0.2, 0) is 11.3 Å². The van der Waals surface area contributed by atoms with E-state index >= 15 is 0 Å². The van der Waals surface area contributed by atoms with Crippen molar-refractivity contribution in [2.45, 2.75) is 26.3 Å². The van der Waals surface area contributed by atoms with Crippen LogP contribution in [0.5, 0.6) is 0 Å². The van der Waals surface area contributed by atoms with Crippen molar-refractivity contribution in [3.63, 3.8) is 0 Å². The van der Waals surface area contributed by atoms with Crippen molar-refractivity contribution in [3.05, 3.63) is 17.5 Å². The third-order valence-electron chi connectivity index (χ3n) is 4.04. The third-order valence-corrected chi connectivity index (χ3v) is 4.04. The van der Waals surface area contributed by atoms with Gasteiger partial charge in [0.1, 0.15) is 0 Å². The highest BCUT2D eigenvalue weighted by Gasteiger charge is 2.45. The number of aromatic nitrogens is 1. The van der Waals surface area contributed by atoms with E-state index in [0.29, 0.717) is 24.9 Å². The SMILES string of the molecule is Cc1cc(CN2C[C@H](C(=O)O)[C@@H](C3CC3)C2)on1. The second kappa shape index (κ2) is 4.39. The Balaban J connectivity index is 1.66. The average molecular weight is 250 g/mol. The molecule has 1 aliphatic heterocycles. The molecule has 3 rings (SSSR count). The minimum atomic E-state index is -0.650. The fourth-order valence-corrected chi connectivity index (χ4v) is 3.02. The minimum Gasteiger partial charge on any atom is -0.481 e. The predicted molar refractivity (Wildman–Crippen MR) is 63.9 cm³/mol. The van der Waals surface area contributed by atoms with E-state index < -0.39 is 5.97 Å². The van der Waals surface area contributed by atoms with Crippen LogP contribution in [-0.4, -0.2) is 34.2 Å². The van der Waals surface area contributed by atoms with Crippen molar-refractivity contribution in [2.24, 2.45) is 17.8 Å². The van der Waals surface area contributed by atoms with Gasteiger partial charge in [0.2, 0.25) is 0 Å². The highest BCUT2D eigenvalue weighted by atomic mass is 16.5. The lowest BCUT2D eigenvalue weighted by molar-refractivity contribution is -0.142. The summed E-state index contributed by atoms with van der Waals surface area (Å²) in [6.45, 7) is 4.08. The van der Waals surface area contributed by atoms with E-state index in [1.165, 1.54) is 12.8 Å². The Morgan fingerprint density at radius 1 is 1.56 bits per heavy atom. The van der Waals surface area contributed by atoms with E-state index in [4.69, 9.17) is 4.52 Å². The molecule has 1 aromatic heterocycles. The van der Waals surface area contributed by atoms with Gasteiger partial charge in [-0.2, -0.15) is 0 Å². The Morgan fingerprint density at radius 2 is 2.33 bits per heavy atom. The molecule has 18 heavy (non-hydrogen) atoms. The summed E-state index contributed by atoms with van der Waals surface area (Å²) in [6, 6.07) is 1.92. The molecule has 1 saturated heterocycles. The summed E-state index contributed by atoms with van der Waals surface area (Å²) < 4.78 is 5.19. The summed E-state index contributed by atoms with van der Waals surface area (Å²) in [4.78, 5) is 13.5. The first-order valence-corrected chi connectivity index (χ1v) is 6.51. The zero-order valence-corrected chi connectivity index (χ0v) is 10.5. The van der Waals surface area contributed by atoms with Crippen molar-refractivity contribution in [1.29, 1.82) is 0 Å². The van der Waals surface area contributed by atoms with E-state index in [-0.39, 0.29) is 5.92 Å². The van der Waals surface area contributed by atoms with Crippen LogP contribution in [0, 0.1) is 24.7 Å². The van der Waals surface area contributed by atoms with Crippen LogP contribution in [0.3, 0.4) is 0 Å². The summed E-state index contributed by atoms with van der Waals surface area (Å²) >= 11 is 0. The molecule has 1 saturated carbocycles. The Labute approximate surface area is 106 Å². The molecule has 2 aliphatic rings. The Kier molecular flexibility index (Phi) is 2.86. The van der Waals surface area contributed by atoms with Crippen molar-refractivity contribution >= 4 is 5.97 Å². The Hall–Kier alpha value is -1.36. The van der Waals surface area contributed by atoms with E-state index in [0.717, 1.165) is 18.0 Å². The standard InChI is InChI=1S/C13H18N2O3/c1-8-4-10(18-14-8)5-15-6-11(9-2-3-9)12(7-15)13(16)17/h4,9,11-12H,2-3,5-7H2,1H3,(H,16,17)/t11-,12+/m1/s1. The smallest absolute Gasteiger partial charge is 0.308 e. The van der Waals surface area contributed by atoms with Crippen molar-refractivity contribution in [2.75, 3.05) is 13.1 Å². The first kappa shape index (κ1) is 11.7. The lowest BCUT2D eigenvalue weighted by Crippen LogP contribution is -2.24. The number of hydrogen-bond acceptors (Lipinski definition) is 4. The maximum Gasteiger partial charge on any atom is 0.308 e. The Bertz CT molecular complexity index is 453. The highest BCUT2D eigenvalue weighted by molar-refractivity contribution is 5.71. The molecule has 1 aliphatic carbocycles. The van der Waals surface area contributed by atoms with Crippen LogP contribution < -0.4 is 0 Å². The largest absolute Gasteiger partial charge is 0.481 e. The normalized spacial score (nSPS) is 28.7. The molecule has 98 valence electrons. The van der Waals surface area contributed by atoms with E-state index in [1.807, 2.05) is 13.0 Å². The molecule has 0 unspecified atom stereocenters. The number of likely N-dealkylation sites (tertiary alicyclic amines) is 1. The monoisotopic (exact) mass is 250 g/mol. The van der Waals surface area contributed by atoms with Gasteiger partial charge < -0.3 is 9.63 Å². The molecule has 0 aromatic carbocycles. The van der Waals surface area contributed by atoms with Crippen molar-refractivity contribution in [3.8, 4) is 0 Å². The zero-order chi connectivity index (χ0) is 12.7. The fourth-order valence-electron chi connectivity index (χ4n) is 3.02. The summed E-state index contributed by atoms with van der Waals surface area (Å²) in [5, 5.41) is 13.1. The van der Waals surface area contributed by atoms with Gasteiger partial charge >= 0.3 is 5.97 Å². The molecule has 2 fully saturated rings. The molecule has 0 amide bonds. The van der Waals surface area contributed by atoms with Gasteiger partial charge in [0.15, 0.2) is 5.76 Å². The van der Waals surface area contributed by atoms with Gasteiger partial charge in [-0.25, -0.2) is 0 Å². The molecule has 2 heterocycles. The Morgan fingerprint density at radius 3 is 2.89 bits per heavy atom. The second-order valence-corrected chi connectivity index (χ2v) is 5.57. The topological polar surface area (TPSA) is 66.6 Å². The molecule has 0 bridgehead atoms. The van der Waals surface area contributed by atoms with Gasteiger partial charge in [0, 0.05) is 19.2 Å². The number of carboxylic acid groups (broad SMARTS) is 1. The van der Waals surface area contributed by atoms with Gasteiger partial charge in [-0.05, 0) is 31.6 Å².